The molecular weight excluding hydrogens is 270 g/mol. The Kier molecular flexibility index (Phi) is 6.40. The van der Waals surface area contributed by atoms with Crippen molar-refractivity contribution in [2.24, 2.45) is 0 Å². The van der Waals surface area contributed by atoms with Crippen LogP contribution in [0.3, 0.4) is 0 Å². The fraction of sp³-hybridized carbons (Fsp3) is 0.562. The van der Waals surface area contributed by atoms with E-state index in [4.69, 9.17) is 5.11 Å². The summed E-state index contributed by atoms with van der Waals surface area (Å²) in [6.07, 6.45) is 4.33. The number of carboxylic acids is 1. The molecule has 1 heterocycles. The summed E-state index contributed by atoms with van der Waals surface area (Å²) < 4.78 is 0. The van der Waals surface area contributed by atoms with Gasteiger partial charge in [0, 0.05) is 24.3 Å². The molecule has 4 heteroatoms. The molecule has 0 amide bonds. The third-order valence-electron chi connectivity index (χ3n) is 3.66. The molecule has 110 valence electrons. The largest absolute Gasteiger partial charge is 0.481 e. The molecule has 0 bridgehead atoms. The summed E-state index contributed by atoms with van der Waals surface area (Å²) >= 11 is 2.00. The molecule has 2 rings (SSSR count). The number of nitrogens with one attached hydrogen (secondary N) is 1. The lowest BCUT2D eigenvalue weighted by Gasteiger charge is -2.28. The van der Waals surface area contributed by atoms with Gasteiger partial charge < -0.3 is 10.4 Å². The van der Waals surface area contributed by atoms with Crippen LogP contribution in [-0.4, -0.2) is 34.7 Å². The molecule has 0 radical (unpaired) electrons. The summed E-state index contributed by atoms with van der Waals surface area (Å²) in [6.45, 7) is 0. The van der Waals surface area contributed by atoms with Crippen LogP contribution in [0, 0.1) is 0 Å². The second-order valence-electron chi connectivity index (χ2n) is 5.40. The number of rotatable bonds is 7. The highest BCUT2D eigenvalue weighted by Crippen LogP contribution is 2.19. The highest BCUT2D eigenvalue weighted by Gasteiger charge is 2.19. The lowest BCUT2D eigenvalue weighted by molar-refractivity contribution is -0.137. The maximum Gasteiger partial charge on any atom is 0.303 e. The molecule has 0 saturated carbocycles. The molecule has 1 fully saturated rings. The van der Waals surface area contributed by atoms with Gasteiger partial charge in [-0.3, -0.25) is 4.79 Å². The predicted molar refractivity (Wildman–Crippen MR) is 84.3 cm³/mol. The number of hydrogen-bond acceptors (Lipinski definition) is 3. The summed E-state index contributed by atoms with van der Waals surface area (Å²) in [5.41, 5.74) is 1.28. The first-order chi connectivity index (χ1) is 9.74. The minimum atomic E-state index is -0.706. The molecule has 1 aliphatic rings. The van der Waals surface area contributed by atoms with E-state index in [9.17, 15) is 4.79 Å². The van der Waals surface area contributed by atoms with Gasteiger partial charge in [0.2, 0.25) is 0 Å². The molecule has 3 nitrogen and oxygen atoms in total. The van der Waals surface area contributed by atoms with E-state index < -0.39 is 5.97 Å². The van der Waals surface area contributed by atoms with Gasteiger partial charge in [0.25, 0.3) is 0 Å². The molecule has 0 aliphatic carbocycles. The standard InChI is InChI=1S/C16H23NO2S/c18-16(19)9-8-14(11-13-5-2-1-3-6-13)17-15-7-4-10-20-12-15/h1-3,5-6,14-15,17H,4,7-12H2,(H,18,19). The number of hydrogen-bond donors (Lipinski definition) is 2. The molecule has 1 aromatic carbocycles. The Morgan fingerprint density at radius 2 is 2.20 bits per heavy atom. The quantitative estimate of drug-likeness (QED) is 0.811. The third kappa shape index (κ3) is 5.55. The van der Waals surface area contributed by atoms with Crippen LogP contribution in [0.5, 0.6) is 0 Å². The number of carbonyl (C=O) groups is 1. The van der Waals surface area contributed by atoms with Gasteiger partial charge in [-0.1, -0.05) is 30.3 Å². The second kappa shape index (κ2) is 8.32. The number of benzene rings is 1. The van der Waals surface area contributed by atoms with Gasteiger partial charge in [0.1, 0.15) is 0 Å². The van der Waals surface area contributed by atoms with Crippen molar-refractivity contribution in [1.82, 2.24) is 5.32 Å². The Bertz CT molecular complexity index is 404. The Morgan fingerprint density at radius 3 is 2.85 bits per heavy atom. The van der Waals surface area contributed by atoms with E-state index in [2.05, 4.69) is 17.4 Å². The van der Waals surface area contributed by atoms with E-state index >= 15 is 0 Å². The fourth-order valence-corrected chi connectivity index (χ4v) is 3.73. The maximum atomic E-state index is 10.8. The molecule has 1 saturated heterocycles. The Balaban J connectivity index is 1.90. The molecule has 1 aliphatic heterocycles. The van der Waals surface area contributed by atoms with Gasteiger partial charge >= 0.3 is 5.97 Å². The SMILES string of the molecule is O=C(O)CCC(Cc1ccccc1)NC1CCCSC1. The molecule has 0 spiro atoms. The van der Waals surface area contributed by atoms with E-state index in [0.717, 1.165) is 12.2 Å². The highest BCUT2D eigenvalue weighted by atomic mass is 32.2. The van der Waals surface area contributed by atoms with Gasteiger partial charge in [-0.15, -0.1) is 0 Å². The van der Waals surface area contributed by atoms with Crippen LogP contribution in [0.2, 0.25) is 0 Å². The second-order valence-corrected chi connectivity index (χ2v) is 6.55. The van der Waals surface area contributed by atoms with E-state index in [1.54, 1.807) is 0 Å². The van der Waals surface area contributed by atoms with Crippen LogP contribution in [-0.2, 0) is 11.2 Å². The third-order valence-corrected chi connectivity index (χ3v) is 4.88. The van der Waals surface area contributed by atoms with Crippen LogP contribution >= 0.6 is 11.8 Å². The van der Waals surface area contributed by atoms with Crippen molar-refractivity contribution in [1.29, 1.82) is 0 Å². The minimum Gasteiger partial charge on any atom is -0.481 e. The maximum absolute atomic E-state index is 10.8. The van der Waals surface area contributed by atoms with Gasteiger partial charge in [0.15, 0.2) is 0 Å². The first-order valence-corrected chi connectivity index (χ1v) is 8.49. The van der Waals surface area contributed by atoms with E-state index in [1.807, 2.05) is 30.0 Å². The zero-order valence-electron chi connectivity index (χ0n) is 11.8. The Morgan fingerprint density at radius 1 is 1.40 bits per heavy atom. The molecular formula is C16H23NO2S. The van der Waals surface area contributed by atoms with Crippen molar-refractivity contribution in [2.45, 2.75) is 44.2 Å². The van der Waals surface area contributed by atoms with Crippen molar-refractivity contribution in [3.05, 3.63) is 35.9 Å². The number of thioether (sulfide) groups is 1. The minimum absolute atomic E-state index is 0.240. The molecule has 0 aromatic heterocycles. The first-order valence-electron chi connectivity index (χ1n) is 7.33. The molecule has 2 unspecified atom stereocenters. The van der Waals surface area contributed by atoms with Crippen LogP contribution in [0.1, 0.15) is 31.2 Å². The van der Waals surface area contributed by atoms with Crippen LogP contribution < -0.4 is 5.32 Å². The molecule has 2 N–H and O–H groups in total. The first kappa shape index (κ1) is 15.4. The van der Waals surface area contributed by atoms with E-state index in [1.165, 1.54) is 24.2 Å². The summed E-state index contributed by atoms with van der Waals surface area (Å²) in [5.74, 6) is 1.71. The average molecular weight is 293 g/mol. The van der Waals surface area contributed by atoms with E-state index in [0.29, 0.717) is 12.5 Å². The van der Waals surface area contributed by atoms with E-state index in [-0.39, 0.29) is 12.5 Å². The lowest BCUT2D eigenvalue weighted by atomic mass is 10.00. The molecule has 2 atom stereocenters. The van der Waals surface area contributed by atoms with Crippen LogP contribution in [0.15, 0.2) is 30.3 Å². The average Bonchev–Trinajstić information content (AvgIpc) is 2.47. The summed E-state index contributed by atoms with van der Waals surface area (Å²) in [7, 11) is 0. The van der Waals surface area contributed by atoms with Crippen LogP contribution in [0.4, 0.5) is 0 Å². The Labute approximate surface area is 125 Å². The zero-order chi connectivity index (χ0) is 14.2. The zero-order valence-corrected chi connectivity index (χ0v) is 12.6. The smallest absolute Gasteiger partial charge is 0.303 e. The van der Waals surface area contributed by atoms with Crippen molar-refractivity contribution in [2.75, 3.05) is 11.5 Å². The molecule has 1 aromatic rings. The lowest BCUT2D eigenvalue weighted by Crippen LogP contribution is -2.42. The van der Waals surface area contributed by atoms with Gasteiger partial charge in [-0.25, -0.2) is 0 Å². The van der Waals surface area contributed by atoms with Crippen molar-refractivity contribution < 1.29 is 9.90 Å². The van der Waals surface area contributed by atoms with Crippen molar-refractivity contribution in [3.8, 4) is 0 Å². The summed E-state index contributed by atoms with van der Waals surface area (Å²) in [5, 5.41) is 12.6. The topological polar surface area (TPSA) is 49.3 Å². The summed E-state index contributed by atoms with van der Waals surface area (Å²) in [4.78, 5) is 10.8. The van der Waals surface area contributed by atoms with Gasteiger partial charge in [-0.2, -0.15) is 11.8 Å². The Hall–Kier alpha value is -1.00. The van der Waals surface area contributed by atoms with Crippen molar-refractivity contribution in [3.63, 3.8) is 0 Å². The van der Waals surface area contributed by atoms with Gasteiger partial charge in [-0.05, 0) is 37.0 Å². The monoisotopic (exact) mass is 293 g/mol. The van der Waals surface area contributed by atoms with Crippen molar-refractivity contribution >= 4 is 17.7 Å². The fourth-order valence-electron chi connectivity index (χ4n) is 2.65. The number of aliphatic carboxylic acids is 1. The molecule has 20 heavy (non-hydrogen) atoms. The normalized spacial score (nSPS) is 20.5. The number of carboxylic acid groups (broad SMARTS) is 1. The van der Waals surface area contributed by atoms with Gasteiger partial charge in [0.05, 0.1) is 0 Å². The summed E-state index contributed by atoms with van der Waals surface area (Å²) in [6, 6.07) is 11.1. The van der Waals surface area contributed by atoms with Crippen LogP contribution in [0.25, 0.3) is 0 Å². The highest BCUT2D eigenvalue weighted by molar-refractivity contribution is 7.99. The predicted octanol–water partition coefficient (Wildman–Crippen LogP) is 2.95.